The lowest BCUT2D eigenvalue weighted by Crippen LogP contribution is -2.42. The Bertz CT molecular complexity index is 801. The molecule has 1 unspecified atom stereocenters. The fraction of sp³-hybridized carbons (Fsp3) is 0.318. The van der Waals surface area contributed by atoms with Crippen LogP contribution in [0.1, 0.15) is 17.5 Å². The van der Waals surface area contributed by atoms with Gasteiger partial charge in [-0.25, -0.2) is 4.68 Å². The minimum absolute atomic E-state index is 0.306. The van der Waals surface area contributed by atoms with Gasteiger partial charge in [-0.15, -0.1) is 0 Å². The largest absolute Gasteiger partial charge is 0.376 e. The van der Waals surface area contributed by atoms with Gasteiger partial charge >= 0.3 is 0 Å². The first-order valence-corrected chi connectivity index (χ1v) is 9.34. The van der Waals surface area contributed by atoms with Gasteiger partial charge < -0.3 is 4.74 Å². The molecule has 1 atom stereocenters. The van der Waals surface area contributed by atoms with E-state index in [2.05, 4.69) is 64.6 Å². The van der Waals surface area contributed by atoms with Crippen molar-refractivity contribution in [2.45, 2.75) is 25.5 Å². The van der Waals surface area contributed by atoms with Gasteiger partial charge in [-0.05, 0) is 36.1 Å². The molecule has 0 aliphatic carbocycles. The zero-order chi connectivity index (χ0) is 17.6. The Morgan fingerprint density at radius 3 is 2.69 bits per heavy atom. The van der Waals surface area contributed by atoms with Crippen molar-refractivity contribution in [3.63, 3.8) is 0 Å². The second kappa shape index (κ2) is 8.30. The summed E-state index contributed by atoms with van der Waals surface area (Å²) in [6, 6.07) is 21.1. The third-order valence-electron chi connectivity index (χ3n) is 4.96. The smallest absolute Gasteiger partial charge is 0.0705 e. The van der Waals surface area contributed by atoms with Crippen LogP contribution in [-0.2, 0) is 17.7 Å². The van der Waals surface area contributed by atoms with Crippen molar-refractivity contribution in [1.82, 2.24) is 14.7 Å². The van der Waals surface area contributed by atoms with Crippen LogP contribution in [0.15, 0.2) is 73.1 Å². The van der Waals surface area contributed by atoms with E-state index >= 15 is 0 Å². The molecule has 3 aromatic rings. The van der Waals surface area contributed by atoms with Gasteiger partial charge in [0.15, 0.2) is 0 Å². The molecule has 0 radical (unpaired) electrons. The Hall–Kier alpha value is -2.43. The highest BCUT2D eigenvalue weighted by Crippen LogP contribution is 2.19. The molecular weight excluding hydrogens is 322 g/mol. The minimum Gasteiger partial charge on any atom is -0.376 e. The normalized spacial score (nSPS) is 18.1. The van der Waals surface area contributed by atoms with Crippen LogP contribution in [0.4, 0.5) is 0 Å². The summed E-state index contributed by atoms with van der Waals surface area (Å²) in [7, 11) is 0. The SMILES string of the molecule is c1ccc(CCC2CN(Cc3ccccc3-n3cccn3)CCO2)cc1. The topological polar surface area (TPSA) is 30.3 Å². The number of para-hydroxylation sites is 1. The zero-order valence-electron chi connectivity index (χ0n) is 15.0. The molecular formula is C22H25N3O. The second-order valence-electron chi connectivity index (χ2n) is 6.83. The molecule has 1 aliphatic rings. The summed E-state index contributed by atoms with van der Waals surface area (Å²) in [6.45, 7) is 3.71. The molecule has 1 aliphatic heterocycles. The molecule has 0 N–H and O–H groups in total. The first-order valence-electron chi connectivity index (χ1n) is 9.34. The van der Waals surface area contributed by atoms with E-state index in [-0.39, 0.29) is 0 Å². The summed E-state index contributed by atoms with van der Waals surface area (Å²) in [5.41, 5.74) is 3.85. The Morgan fingerprint density at radius 1 is 1.00 bits per heavy atom. The number of rotatable bonds is 6. The fourth-order valence-corrected chi connectivity index (χ4v) is 3.59. The molecule has 2 aromatic carbocycles. The van der Waals surface area contributed by atoms with Crippen molar-refractivity contribution < 1.29 is 4.74 Å². The van der Waals surface area contributed by atoms with Crippen LogP contribution in [-0.4, -0.2) is 40.5 Å². The van der Waals surface area contributed by atoms with Crippen LogP contribution < -0.4 is 0 Å². The Balaban J connectivity index is 1.38. The van der Waals surface area contributed by atoms with Gasteiger partial charge in [-0.1, -0.05) is 48.5 Å². The van der Waals surface area contributed by atoms with Crippen molar-refractivity contribution >= 4 is 0 Å². The first kappa shape index (κ1) is 17.0. The fourth-order valence-electron chi connectivity index (χ4n) is 3.59. The highest BCUT2D eigenvalue weighted by molar-refractivity contribution is 5.40. The van der Waals surface area contributed by atoms with E-state index in [4.69, 9.17) is 4.74 Å². The van der Waals surface area contributed by atoms with E-state index in [1.165, 1.54) is 11.1 Å². The first-order chi connectivity index (χ1) is 12.9. The van der Waals surface area contributed by atoms with Gasteiger partial charge in [0.25, 0.3) is 0 Å². The maximum atomic E-state index is 6.01. The van der Waals surface area contributed by atoms with Crippen LogP contribution in [0.25, 0.3) is 5.69 Å². The number of benzene rings is 2. The lowest BCUT2D eigenvalue weighted by Gasteiger charge is -2.33. The average Bonchev–Trinajstić information content (AvgIpc) is 3.23. The molecule has 4 nitrogen and oxygen atoms in total. The molecule has 0 saturated carbocycles. The summed E-state index contributed by atoms with van der Waals surface area (Å²) in [4.78, 5) is 2.50. The molecule has 1 aromatic heterocycles. The number of aromatic nitrogens is 2. The molecule has 1 fully saturated rings. The Kier molecular flexibility index (Phi) is 5.43. The van der Waals surface area contributed by atoms with Crippen molar-refractivity contribution in [1.29, 1.82) is 0 Å². The van der Waals surface area contributed by atoms with Gasteiger partial charge in [0.2, 0.25) is 0 Å². The van der Waals surface area contributed by atoms with Crippen LogP contribution in [0.3, 0.4) is 0 Å². The molecule has 1 saturated heterocycles. The van der Waals surface area contributed by atoms with Crippen LogP contribution in [0.2, 0.25) is 0 Å². The van der Waals surface area contributed by atoms with Crippen LogP contribution in [0.5, 0.6) is 0 Å². The Labute approximate surface area is 155 Å². The average molecular weight is 347 g/mol. The molecule has 26 heavy (non-hydrogen) atoms. The summed E-state index contributed by atoms with van der Waals surface area (Å²) in [6.07, 6.45) is 6.28. The number of hydrogen-bond acceptors (Lipinski definition) is 3. The predicted octanol–water partition coefficient (Wildman–Crippen LogP) is 3.71. The van der Waals surface area contributed by atoms with E-state index < -0.39 is 0 Å². The molecule has 0 spiro atoms. The van der Waals surface area contributed by atoms with Crippen molar-refractivity contribution in [3.8, 4) is 5.69 Å². The molecule has 2 heterocycles. The summed E-state index contributed by atoms with van der Waals surface area (Å²) >= 11 is 0. The van der Waals surface area contributed by atoms with Gasteiger partial charge in [-0.2, -0.15) is 5.10 Å². The van der Waals surface area contributed by atoms with Crippen LogP contribution >= 0.6 is 0 Å². The third-order valence-corrected chi connectivity index (χ3v) is 4.96. The Morgan fingerprint density at radius 2 is 1.85 bits per heavy atom. The van der Waals surface area contributed by atoms with Gasteiger partial charge in [0.1, 0.15) is 0 Å². The van der Waals surface area contributed by atoms with E-state index in [1.807, 2.05) is 23.1 Å². The minimum atomic E-state index is 0.306. The van der Waals surface area contributed by atoms with Gasteiger partial charge in [0, 0.05) is 32.0 Å². The molecule has 134 valence electrons. The lowest BCUT2D eigenvalue weighted by molar-refractivity contribution is -0.0345. The number of aryl methyl sites for hydroxylation is 1. The quantitative estimate of drug-likeness (QED) is 0.681. The van der Waals surface area contributed by atoms with Crippen molar-refractivity contribution in [2.24, 2.45) is 0 Å². The predicted molar refractivity (Wildman–Crippen MR) is 103 cm³/mol. The summed E-state index contributed by atoms with van der Waals surface area (Å²) in [5, 5.41) is 4.39. The molecule has 0 amide bonds. The van der Waals surface area contributed by atoms with Crippen molar-refractivity contribution in [2.75, 3.05) is 19.7 Å². The number of morpholine rings is 1. The molecule has 4 heteroatoms. The van der Waals surface area contributed by atoms with E-state index in [0.717, 1.165) is 44.8 Å². The molecule has 4 rings (SSSR count). The van der Waals surface area contributed by atoms with Gasteiger partial charge in [-0.3, -0.25) is 4.90 Å². The number of nitrogens with zero attached hydrogens (tertiary/aromatic N) is 3. The third kappa shape index (κ3) is 4.21. The number of ether oxygens (including phenoxy) is 1. The van der Waals surface area contributed by atoms with Crippen molar-refractivity contribution in [3.05, 3.63) is 84.2 Å². The summed E-state index contributed by atoms with van der Waals surface area (Å²) < 4.78 is 7.96. The monoisotopic (exact) mass is 347 g/mol. The maximum Gasteiger partial charge on any atom is 0.0705 e. The molecule has 0 bridgehead atoms. The van der Waals surface area contributed by atoms with E-state index in [1.54, 1.807) is 0 Å². The maximum absolute atomic E-state index is 6.01. The number of hydrogen-bond donors (Lipinski definition) is 0. The zero-order valence-corrected chi connectivity index (χ0v) is 15.0. The van der Waals surface area contributed by atoms with E-state index in [0.29, 0.717) is 6.10 Å². The standard InChI is InChI=1S/C22H25N3O/c1-2-7-19(8-3-1)11-12-21-18-24(15-16-26-21)17-20-9-4-5-10-22(20)25-14-6-13-23-25/h1-10,13-14,21H,11-12,15-18H2. The lowest BCUT2D eigenvalue weighted by atomic mass is 10.1. The highest BCUT2D eigenvalue weighted by Gasteiger charge is 2.21. The van der Waals surface area contributed by atoms with Crippen LogP contribution in [0, 0.1) is 0 Å². The highest BCUT2D eigenvalue weighted by atomic mass is 16.5. The van der Waals surface area contributed by atoms with E-state index in [9.17, 15) is 0 Å². The second-order valence-corrected chi connectivity index (χ2v) is 6.83. The summed E-state index contributed by atoms with van der Waals surface area (Å²) in [5.74, 6) is 0. The van der Waals surface area contributed by atoms with Gasteiger partial charge in [0.05, 0.1) is 18.4 Å².